The van der Waals surface area contributed by atoms with Gasteiger partial charge >= 0.3 is 5.97 Å². The van der Waals surface area contributed by atoms with Crippen LogP contribution in [0.15, 0.2) is 48.5 Å². The minimum Gasteiger partial charge on any atom is -0.496 e. The van der Waals surface area contributed by atoms with Crippen LogP contribution >= 0.6 is 0 Å². The zero-order chi connectivity index (χ0) is 17.5. The Kier molecular flexibility index (Phi) is 5.89. The van der Waals surface area contributed by atoms with E-state index in [-0.39, 0.29) is 12.0 Å². The smallest absolute Gasteiger partial charge is 0.328 e. The van der Waals surface area contributed by atoms with Crippen LogP contribution < -0.4 is 10.1 Å². The first-order chi connectivity index (χ1) is 11.6. The van der Waals surface area contributed by atoms with Crippen LogP contribution in [-0.2, 0) is 16.0 Å². The van der Waals surface area contributed by atoms with Gasteiger partial charge in [0.1, 0.15) is 17.6 Å². The molecule has 0 saturated heterocycles. The molecular weight excluding hydrogens is 313 g/mol. The van der Waals surface area contributed by atoms with Crippen LogP contribution in [-0.4, -0.2) is 32.1 Å². The first-order valence-electron chi connectivity index (χ1n) is 7.32. The minimum atomic E-state index is -0.960. The van der Waals surface area contributed by atoms with Gasteiger partial charge in [0.15, 0.2) is 0 Å². The summed E-state index contributed by atoms with van der Waals surface area (Å²) in [6.45, 7) is 0. The van der Waals surface area contributed by atoms with Crippen molar-refractivity contribution in [3.05, 3.63) is 65.5 Å². The van der Waals surface area contributed by atoms with E-state index in [1.807, 2.05) is 0 Å². The molecule has 24 heavy (non-hydrogen) atoms. The fourth-order valence-corrected chi connectivity index (χ4v) is 2.31. The Balaban J connectivity index is 2.22. The standard InChI is InChI=1S/C18H18FNO4/c1-23-16-10-6-3-7-12(16)11-15(18(22)24-2)20-17(21)13-8-4-5-9-14(13)19/h3-10,15H,11H2,1-2H3,(H,20,21)/t15-/m0/s1. The van der Waals surface area contributed by atoms with Crippen molar-refractivity contribution in [3.63, 3.8) is 0 Å². The Hall–Kier alpha value is -2.89. The van der Waals surface area contributed by atoms with E-state index in [0.717, 1.165) is 5.56 Å². The van der Waals surface area contributed by atoms with Gasteiger partial charge in [0.2, 0.25) is 0 Å². The van der Waals surface area contributed by atoms with Gasteiger partial charge in [-0.2, -0.15) is 0 Å². The summed E-state index contributed by atoms with van der Waals surface area (Å²) in [5.41, 5.74) is 0.593. The van der Waals surface area contributed by atoms with Crippen molar-refractivity contribution in [3.8, 4) is 5.75 Å². The molecule has 2 aromatic rings. The maximum Gasteiger partial charge on any atom is 0.328 e. The van der Waals surface area contributed by atoms with Crippen LogP contribution in [0.1, 0.15) is 15.9 Å². The second-order valence-electron chi connectivity index (χ2n) is 5.05. The molecule has 1 amide bonds. The van der Waals surface area contributed by atoms with Crippen LogP contribution in [0.4, 0.5) is 4.39 Å². The van der Waals surface area contributed by atoms with Crippen molar-refractivity contribution in [2.75, 3.05) is 14.2 Å². The van der Waals surface area contributed by atoms with E-state index in [1.165, 1.54) is 32.4 Å². The minimum absolute atomic E-state index is 0.133. The second-order valence-corrected chi connectivity index (χ2v) is 5.05. The number of para-hydroxylation sites is 1. The Morgan fingerprint density at radius 1 is 1.08 bits per heavy atom. The molecule has 0 spiro atoms. The number of hydrogen-bond donors (Lipinski definition) is 1. The molecule has 0 saturated carbocycles. The normalized spacial score (nSPS) is 11.5. The number of carbonyl (C=O) groups is 2. The van der Waals surface area contributed by atoms with Crippen molar-refractivity contribution in [1.29, 1.82) is 0 Å². The predicted molar refractivity (Wildman–Crippen MR) is 86.4 cm³/mol. The Labute approximate surface area is 139 Å². The molecule has 0 aliphatic rings. The number of hydrogen-bond acceptors (Lipinski definition) is 4. The van der Waals surface area contributed by atoms with Gasteiger partial charge in [-0.15, -0.1) is 0 Å². The molecule has 0 heterocycles. The Morgan fingerprint density at radius 3 is 2.42 bits per heavy atom. The Morgan fingerprint density at radius 2 is 1.75 bits per heavy atom. The SMILES string of the molecule is COC(=O)[C@H](Cc1ccccc1OC)NC(=O)c1ccccc1F. The molecule has 2 aromatic carbocycles. The fraction of sp³-hybridized carbons (Fsp3) is 0.222. The average molecular weight is 331 g/mol. The predicted octanol–water partition coefficient (Wildman–Crippen LogP) is 2.35. The van der Waals surface area contributed by atoms with E-state index in [1.54, 1.807) is 30.3 Å². The average Bonchev–Trinajstić information content (AvgIpc) is 2.61. The lowest BCUT2D eigenvalue weighted by Gasteiger charge is -2.18. The van der Waals surface area contributed by atoms with Crippen molar-refractivity contribution < 1.29 is 23.5 Å². The third-order valence-corrected chi connectivity index (χ3v) is 3.53. The number of methoxy groups -OCH3 is 2. The Bertz CT molecular complexity index is 732. The number of ether oxygens (including phenoxy) is 2. The van der Waals surface area contributed by atoms with Crippen molar-refractivity contribution >= 4 is 11.9 Å². The molecule has 0 radical (unpaired) electrons. The monoisotopic (exact) mass is 331 g/mol. The van der Waals surface area contributed by atoms with E-state index in [0.29, 0.717) is 5.75 Å². The van der Waals surface area contributed by atoms with Gasteiger partial charge in [-0.05, 0) is 23.8 Å². The van der Waals surface area contributed by atoms with Crippen LogP contribution in [0.3, 0.4) is 0 Å². The molecular formula is C18H18FNO4. The van der Waals surface area contributed by atoms with E-state index < -0.39 is 23.7 Å². The molecule has 126 valence electrons. The molecule has 0 unspecified atom stereocenters. The summed E-state index contributed by atoms with van der Waals surface area (Å²) in [6, 6.07) is 11.7. The van der Waals surface area contributed by atoms with Crippen LogP contribution in [0.2, 0.25) is 0 Å². The van der Waals surface area contributed by atoms with E-state index in [4.69, 9.17) is 9.47 Å². The molecule has 1 atom stereocenters. The lowest BCUT2D eigenvalue weighted by molar-refractivity contribution is -0.142. The van der Waals surface area contributed by atoms with Gasteiger partial charge in [0.05, 0.1) is 19.8 Å². The summed E-state index contributed by atoms with van der Waals surface area (Å²) in [6.07, 6.45) is 0.164. The highest BCUT2D eigenvalue weighted by Crippen LogP contribution is 2.19. The van der Waals surface area contributed by atoms with Crippen molar-refractivity contribution in [1.82, 2.24) is 5.32 Å². The molecule has 5 nitrogen and oxygen atoms in total. The first kappa shape index (κ1) is 17.5. The zero-order valence-corrected chi connectivity index (χ0v) is 13.4. The number of esters is 1. The van der Waals surface area contributed by atoms with Gasteiger partial charge in [-0.3, -0.25) is 4.79 Å². The molecule has 1 N–H and O–H groups in total. The molecule has 0 aliphatic carbocycles. The van der Waals surface area contributed by atoms with Crippen LogP contribution in [0.5, 0.6) is 5.75 Å². The summed E-state index contributed by atoms with van der Waals surface area (Å²) in [5.74, 6) is -1.37. The van der Waals surface area contributed by atoms with E-state index in [2.05, 4.69) is 5.32 Å². The summed E-state index contributed by atoms with van der Waals surface area (Å²) in [4.78, 5) is 24.2. The molecule has 0 bridgehead atoms. The highest BCUT2D eigenvalue weighted by Gasteiger charge is 2.24. The number of amides is 1. The van der Waals surface area contributed by atoms with Crippen molar-refractivity contribution in [2.24, 2.45) is 0 Å². The van der Waals surface area contributed by atoms with Crippen molar-refractivity contribution in [2.45, 2.75) is 12.5 Å². The zero-order valence-electron chi connectivity index (χ0n) is 13.4. The number of nitrogens with one attached hydrogen (secondary N) is 1. The molecule has 6 heteroatoms. The topological polar surface area (TPSA) is 64.6 Å². The number of carbonyl (C=O) groups excluding carboxylic acids is 2. The first-order valence-corrected chi connectivity index (χ1v) is 7.32. The molecule has 0 aromatic heterocycles. The second kappa shape index (κ2) is 8.10. The third kappa shape index (κ3) is 4.10. The quantitative estimate of drug-likeness (QED) is 0.825. The van der Waals surface area contributed by atoms with Crippen LogP contribution in [0.25, 0.3) is 0 Å². The summed E-state index contributed by atoms with van der Waals surface area (Å²) in [7, 11) is 2.75. The summed E-state index contributed by atoms with van der Waals surface area (Å²) < 4.78 is 23.7. The highest BCUT2D eigenvalue weighted by molar-refractivity contribution is 5.97. The highest BCUT2D eigenvalue weighted by atomic mass is 19.1. The largest absolute Gasteiger partial charge is 0.496 e. The maximum atomic E-state index is 13.7. The summed E-state index contributed by atoms with van der Waals surface area (Å²) >= 11 is 0. The third-order valence-electron chi connectivity index (χ3n) is 3.53. The number of halogens is 1. The van der Waals surface area contributed by atoms with E-state index in [9.17, 15) is 14.0 Å². The van der Waals surface area contributed by atoms with E-state index >= 15 is 0 Å². The molecule has 0 fully saturated rings. The maximum absolute atomic E-state index is 13.7. The summed E-state index contributed by atoms with van der Waals surface area (Å²) in [5, 5.41) is 2.52. The number of benzene rings is 2. The number of rotatable bonds is 6. The fourth-order valence-electron chi connectivity index (χ4n) is 2.31. The van der Waals surface area contributed by atoms with Gasteiger partial charge in [0.25, 0.3) is 5.91 Å². The van der Waals surface area contributed by atoms with Gasteiger partial charge in [-0.25, -0.2) is 9.18 Å². The van der Waals surface area contributed by atoms with Crippen LogP contribution in [0, 0.1) is 5.82 Å². The van der Waals surface area contributed by atoms with Gasteiger partial charge in [-0.1, -0.05) is 30.3 Å². The van der Waals surface area contributed by atoms with Gasteiger partial charge < -0.3 is 14.8 Å². The molecule has 2 rings (SSSR count). The lowest BCUT2D eigenvalue weighted by atomic mass is 10.0. The van der Waals surface area contributed by atoms with Gasteiger partial charge in [0, 0.05) is 6.42 Å². The molecule has 0 aliphatic heterocycles. The lowest BCUT2D eigenvalue weighted by Crippen LogP contribution is -2.43.